The van der Waals surface area contributed by atoms with Crippen LogP contribution >= 0.6 is 11.6 Å². The molecule has 0 radical (unpaired) electrons. The number of aromatic nitrogens is 2. The number of alkyl halides is 3. The van der Waals surface area contributed by atoms with Gasteiger partial charge in [0.15, 0.2) is 12.4 Å². The van der Waals surface area contributed by atoms with Crippen LogP contribution in [0.25, 0.3) is 22.3 Å². The van der Waals surface area contributed by atoms with Gasteiger partial charge >= 0.3 is 11.9 Å². The quantitative estimate of drug-likeness (QED) is 0.0873. The number of rotatable bonds is 8. The number of benzene rings is 4. The Hall–Kier alpha value is -5.63. The Bertz CT molecular complexity index is 2050. The van der Waals surface area contributed by atoms with E-state index in [0.29, 0.717) is 0 Å². The average molecular weight is 640 g/mol. The molecule has 0 bridgehead atoms. The van der Waals surface area contributed by atoms with Crippen molar-refractivity contribution in [2.75, 3.05) is 11.9 Å². The summed E-state index contributed by atoms with van der Waals surface area (Å²) in [5.74, 6) is -2.00. The van der Waals surface area contributed by atoms with Crippen LogP contribution in [0, 0.1) is 15.9 Å². The van der Waals surface area contributed by atoms with E-state index in [1.807, 2.05) is 0 Å². The summed E-state index contributed by atoms with van der Waals surface area (Å²) >= 11 is 6.26. The Balaban J connectivity index is 1.50. The molecule has 1 aromatic heterocycles. The Kier molecular flexibility index (Phi) is 8.59. The normalized spacial score (nSPS) is 11.6. The summed E-state index contributed by atoms with van der Waals surface area (Å²) in [6.07, 6.45) is -3.63. The van der Waals surface area contributed by atoms with Crippen LogP contribution in [0.2, 0.25) is 5.02 Å². The number of carbonyl (C=O) groups excluding carboxylic acids is 1. The van der Waals surface area contributed by atoms with Gasteiger partial charge in [-0.25, -0.2) is 9.37 Å². The lowest BCUT2D eigenvalue weighted by atomic mass is 10.1. The summed E-state index contributed by atoms with van der Waals surface area (Å²) in [7, 11) is 0. The number of anilines is 1. The number of halogens is 5. The number of nitrogens with zero attached hydrogens (tertiary/aromatic N) is 4. The summed E-state index contributed by atoms with van der Waals surface area (Å²) in [5, 5.41) is 18.2. The number of nitro benzene ring substituents is 1. The number of ether oxygens (including phenoxy) is 1. The SMILES string of the molecule is O=C(COc1c(Cl)cc(C=Nn2c(-c3cccc(C(F)(F)F)c3)nc3ccccc3c2=O)cc1[N+](=O)[O-])Nc1cccc(F)c1. The van der Waals surface area contributed by atoms with Crippen LogP contribution in [0.4, 0.5) is 28.9 Å². The van der Waals surface area contributed by atoms with E-state index < -0.39 is 52.0 Å². The van der Waals surface area contributed by atoms with Crippen molar-refractivity contribution in [2.24, 2.45) is 5.10 Å². The summed E-state index contributed by atoms with van der Waals surface area (Å²) in [4.78, 5) is 41.1. The number of fused-ring (bicyclic) bond motifs is 1. The van der Waals surface area contributed by atoms with E-state index in [0.717, 1.165) is 41.2 Å². The zero-order valence-electron chi connectivity index (χ0n) is 22.6. The maximum Gasteiger partial charge on any atom is 0.416 e. The molecule has 0 spiro atoms. The van der Waals surface area contributed by atoms with Crippen LogP contribution in [0.5, 0.6) is 5.75 Å². The zero-order chi connectivity index (χ0) is 32.3. The average Bonchev–Trinajstić information content (AvgIpc) is 2.99. The molecule has 228 valence electrons. The summed E-state index contributed by atoms with van der Waals surface area (Å²) < 4.78 is 59.8. The van der Waals surface area contributed by atoms with Gasteiger partial charge < -0.3 is 10.1 Å². The summed E-state index contributed by atoms with van der Waals surface area (Å²) in [5.41, 5.74) is -2.03. The molecule has 5 aromatic rings. The third-order valence-corrected chi connectivity index (χ3v) is 6.50. The molecule has 10 nitrogen and oxygen atoms in total. The molecule has 15 heteroatoms. The maximum atomic E-state index is 13.4. The minimum atomic E-state index is -4.67. The van der Waals surface area contributed by atoms with Gasteiger partial charge in [0.05, 0.1) is 32.6 Å². The fourth-order valence-electron chi connectivity index (χ4n) is 4.23. The van der Waals surface area contributed by atoms with E-state index in [1.54, 1.807) is 12.1 Å². The van der Waals surface area contributed by atoms with E-state index in [4.69, 9.17) is 16.3 Å². The van der Waals surface area contributed by atoms with Crippen molar-refractivity contribution < 1.29 is 32.0 Å². The van der Waals surface area contributed by atoms with Crippen molar-refractivity contribution in [1.82, 2.24) is 9.66 Å². The van der Waals surface area contributed by atoms with Gasteiger partial charge in [-0.15, -0.1) is 0 Å². The van der Waals surface area contributed by atoms with Gasteiger partial charge in [0.2, 0.25) is 5.75 Å². The van der Waals surface area contributed by atoms with E-state index in [1.165, 1.54) is 42.5 Å². The topological polar surface area (TPSA) is 129 Å². The third-order valence-electron chi connectivity index (χ3n) is 6.22. The van der Waals surface area contributed by atoms with Gasteiger partial charge in [-0.1, -0.05) is 41.9 Å². The second kappa shape index (κ2) is 12.5. The van der Waals surface area contributed by atoms with Crippen LogP contribution in [-0.2, 0) is 11.0 Å². The predicted octanol–water partition coefficient (Wildman–Crippen LogP) is 6.68. The van der Waals surface area contributed by atoms with Crippen molar-refractivity contribution in [2.45, 2.75) is 6.18 Å². The fraction of sp³-hybridized carbons (Fsp3) is 0.0667. The number of nitrogens with one attached hydrogen (secondary N) is 1. The van der Waals surface area contributed by atoms with Gasteiger partial charge in [0.25, 0.3) is 11.5 Å². The lowest BCUT2D eigenvalue weighted by Crippen LogP contribution is -2.21. The molecule has 0 aliphatic heterocycles. The maximum absolute atomic E-state index is 13.4. The largest absolute Gasteiger partial charge is 0.476 e. The first-order valence-corrected chi connectivity index (χ1v) is 13.2. The highest BCUT2D eigenvalue weighted by Gasteiger charge is 2.31. The lowest BCUT2D eigenvalue weighted by Gasteiger charge is -2.12. The molecule has 0 aliphatic rings. The number of hydrogen-bond donors (Lipinski definition) is 1. The van der Waals surface area contributed by atoms with Gasteiger partial charge in [-0.3, -0.25) is 19.7 Å². The Morgan fingerprint density at radius 3 is 2.56 bits per heavy atom. The number of carbonyl (C=O) groups is 1. The van der Waals surface area contributed by atoms with Crippen LogP contribution < -0.4 is 15.6 Å². The fourth-order valence-corrected chi connectivity index (χ4v) is 4.51. The number of hydrogen-bond acceptors (Lipinski definition) is 7. The van der Waals surface area contributed by atoms with Crippen LogP contribution in [-0.4, -0.2) is 33.3 Å². The van der Waals surface area contributed by atoms with Crippen molar-refractivity contribution in [3.05, 3.63) is 127 Å². The number of nitro groups is 1. The molecule has 1 amide bonds. The molecule has 5 rings (SSSR count). The first-order valence-electron chi connectivity index (χ1n) is 12.8. The molecule has 0 saturated heterocycles. The van der Waals surface area contributed by atoms with Crippen LogP contribution in [0.3, 0.4) is 0 Å². The second-order valence-corrected chi connectivity index (χ2v) is 9.76. The third kappa shape index (κ3) is 6.96. The van der Waals surface area contributed by atoms with E-state index in [-0.39, 0.29) is 38.6 Å². The molecule has 0 aliphatic carbocycles. The van der Waals surface area contributed by atoms with Gasteiger partial charge in [0.1, 0.15) is 5.82 Å². The van der Waals surface area contributed by atoms with Gasteiger partial charge in [-0.05, 0) is 48.5 Å². The number of amides is 1. The predicted molar refractivity (Wildman–Crippen MR) is 158 cm³/mol. The van der Waals surface area contributed by atoms with Crippen molar-refractivity contribution in [3.63, 3.8) is 0 Å². The van der Waals surface area contributed by atoms with Crippen LogP contribution in [0.1, 0.15) is 11.1 Å². The standard InChI is InChI=1S/C30H18ClF4N5O5/c31-23-11-17(12-25(40(43)44)27(23)45-16-26(41)37-21-8-4-7-20(32)14-21)15-36-39-28(18-5-3-6-19(13-18)30(33,34)35)38-24-10-2-1-9-22(24)29(39)42/h1-15H,16H2,(H,37,41). The summed E-state index contributed by atoms with van der Waals surface area (Å²) in [6, 6.07) is 17.6. The van der Waals surface area contributed by atoms with E-state index >= 15 is 0 Å². The first kappa shape index (κ1) is 30.8. The van der Waals surface area contributed by atoms with Crippen molar-refractivity contribution in [3.8, 4) is 17.1 Å². The molecule has 0 saturated carbocycles. The van der Waals surface area contributed by atoms with Crippen molar-refractivity contribution in [1.29, 1.82) is 0 Å². The lowest BCUT2D eigenvalue weighted by molar-refractivity contribution is -0.385. The van der Waals surface area contributed by atoms with Gasteiger partial charge in [0, 0.05) is 22.9 Å². The Labute approximate surface area is 255 Å². The molecule has 1 N–H and O–H groups in total. The van der Waals surface area contributed by atoms with Gasteiger partial charge in [-0.2, -0.15) is 22.9 Å². The molecule has 4 aromatic carbocycles. The van der Waals surface area contributed by atoms with Crippen LogP contribution in [0.15, 0.2) is 94.8 Å². The van der Waals surface area contributed by atoms with Crippen molar-refractivity contribution >= 4 is 46.0 Å². The molecule has 0 atom stereocenters. The van der Waals surface area contributed by atoms with E-state index in [2.05, 4.69) is 15.4 Å². The number of para-hydroxylation sites is 1. The van der Waals surface area contributed by atoms with E-state index in [9.17, 15) is 37.3 Å². The highest BCUT2D eigenvalue weighted by molar-refractivity contribution is 6.32. The summed E-state index contributed by atoms with van der Waals surface area (Å²) in [6.45, 7) is -0.705. The molecule has 45 heavy (non-hydrogen) atoms. The second-order valence-electron chi connectivity index (χ2n) is 9.35. The molecule has 0 unspecified atom stereocenters. The highest BCUT2D eigenvalue weighted by Crippen LogP contribution is 2.36. The molecule has 0 fully saturated rings. The molecular weight excluding hydrogens is 622 g/mol. The minimum absolute atomic E-state index is 0.0123. The first-order chi connectivity index (χ1) is 21.4. The Morgan fingerprint density at radius 2 is 1.82 bits per heavy atom. The Morgan fingerprint density at radius 1 is 1.07 bits per heavy atom. The smallest absolute Gasteiger partial charge is 0.416 e. The molecular formula is C30H18ClF4N5O5. The highest BCUT2D eigenvalue weighted by atomic mass is 35.5. The zero-order valence-corrected chi connectivity index (χ0v) is 23.3. The minimum Gasteiger partial charge on any atom is -0.476 e. The monoisotopic (exact) mass is 639 g/mol. The molecule has 1 heterocycles.